The second kappa shape index (κ2) is 7.37. The Morgan fingerprint density at radius 3 is 1.06 bits per heavy atom. The molecular formula is C12H28N4O2. The van der Waals surface area contributed by atoms with Gasteiger partial charge in [0.15, 0.2) is 0 Å². The van der Waals surface area contributed by atoms with Crippen LogP contribution in [0.25, 0.3) is 0 Å². The van der Waals surface area contributed by atoms with Crippen LogP contribution in [0.5, 0.6) is 0 Å². The average molecular weight is 260 g/mol. The van der Waals surface area contributed by atoms with Gasteiger partial charge in [-0.1, -0.05) is 0 Å². The lowest BCUT2D eigenvalue weighted by atomic mass is 10.1. The van der Waals surface area contributed by atoms with E-state index >= 15 is 0 Å². The van der Waals surface area contributed by atoms with Gasteiger partial charge in [0.25, 0.3) is 0 Å². The minimum Gasteiger partial charge on any atom is -0.388 e. The van der Waals surface area contributed by atoms with Crippen LogP contribution >= 0.6 is 0 Å². The van der Waals surface area contributed by atoms with Crippen molar-refractivity contribution < 1.29 is 10.2 Å². The van der Waals surface area contributed by atoms with E-state index < -0.39 is 11.2 Å². The second-order valence-electron chi connectivity index (χ2n) is 5.70. The van der Waals surface area contributed by atoms with Gasteiger partial charge in [-0.3, -0.25) is 0 Å². The Morgan fingerprint density at radius 2 is 0.833 bits per heavy atom. The van der Waals surface area contributed by atoms with Gasteiger partial charge in [0.2, 0.25) is 0 Å². The topological polar surface area (TPSA) is 88.6 Å². The molecule has 1 fully saturated rings. The highest BCUT2D eigenvalue weighted by Gasteiger charge is 2.21. The SMILES string of the molecule is CC1(O)CNCCNCC(C)(O)CNCCNC1. The van der Waals surface area contributed by atoms with Gasteiger partial charge in [0, 0.05) is 52.4 Å². The molecule has 1 heterocycles. The molecule has 0 aromatic carbocycles. The summed E-state index contributed by atoms with van der Waals surface area (Å²) in [6, 6.07) is 0. The zero-order chi connectivity index (χ0) is 13.5. The quantitative estimate of drug-likeness (QED) is 0.298. The molecule has 1 saturated heterocycles. The number of nitrogens with one attached hydrogen (secondary N) is 4. The van der Waals surface area contributed by atoms with Gasteiger partial charge in [-0.15, -0.1) is 0 Å². The van der Waals surface area contributed by atoms with E-state index in [9.17, 15) is 10.2 Å². The van der Waals surface area contributed by atoms with Crippen LogP contribution in [0.15, 0.2) is 0 Å². The van der Waals surface area contributed by atoms with Crippen LogP contribution in [0, 0.1) is 0 Å². The van der Waals surface area contributed by atoms with Crippen LogP contribution in [-0.4, -0.2) is 73.8 Å². The van der Waals surface area contributed by atoms with E-state index in [0.29, 0.717) is 26.2 Å². The van der Waals surface area contributed by atoms with Gasteiger partial charge in [-0.25, -0.2) is 0 Å². The molecule has 0 unspecified atom stereocenters. The molecule has 0 saturated carbocycles. The van der Waals surface area contributed by atoms with E-state index in [-0.39, 0.29) is 0 Å². The summed E-state index contributed by atoms with van der Waals surface area (Å²) < 4.78 is 0. The molecule has 6 N–H and O–H groups in total. The van der Waals surface area contributed by atoms with Crippen LogP contribution in [0.1, 0.15) is 13.8 Å². The summed E-state index contributed by atoms with van der Waals surface area (Å²) in [6.07, 6.45) is 0. The van der Waals surface area contributed by atoms with E-state index in [0.717, 1.165) is 26.2 Å². The van der Waals surface area contributed by atoms with Gasteiger partial charge >= 0.3 is 0 Å². The first-order valence-electron chi connectivity index (χ1n) is 6.69. The van der Waals surface area contributed by atoms with Gasteiger partial charge in [0.05, 0.1) is 11.2 Å². The summed E-state index contributed by atoms with van der Waals surface area (Å²) in [4.78, 5) is 0. The first-order chi connectivity index (χ1) is 8.41. The highest BCUT2D eigenvalue weighted by atomic mass is 16.3. The zero-order valence-corrected chi connectivity index (χ0v) is 11.6. The number of hydrogen-bond acceptors (Lipinski definition) is 6. The molecule has 6 heteroatoms. The third kappa shape index (κ3) is 7.25. The maximum Gasteiger partial charge on any atom is 0.0867 e. The van der Waals surface area contributed by atoms with E-state index in [2.05, 4.69) is 21.3 Å². The summed E-state index contributed by atoms with van der Waals surface area (Å²) in [5.41, 5.74) is -1.45. The van der Waals surface area contributed by atoms with Gasteiger partial charge in [0.1, 0.15) is 0 Å². The van der Waals surface area contributed by atoms with Crippen LogP contribution in [0.3, 0.4) is 0 Å². The minimum absolute atomic E-state index is 0.561. The van der Waals surface area contributed by atoms with Crippen molar-refractivity contribution in [3.63, 3.8) is 0 Å². The van der Waals surface area contributed by atoms with Crippen LogP contribution < -0.4 is 21.3 Å². The van der Waals surface area contributed by atoms with Crippen LogP contribution in [-0.2, 0) is 0 Å². The molecule has 0 aromatic heterocycles. The third-order valence-electron chi connectivity index (χ3n) is 2.98. The molecule has 18 heavy (non-hydrogen) atoms. The minimum atomic E-state index is -0.727. The molecule has 0 bridgehead atoms. The molecule has 1 aliphatic rings. The first-order valence-corrected chi connectivity index (χ1v) is 6.69. The lowest BCUT2D eigenvalue weighted by molar-refractivity contribution is 0.0525. The molecule has 0 radical (unpaired) electrons. The van der Waals surface area contributed by atoms with Crippen molar-refractivity contribution in [2.45, 2.75) is 25.0 Å². The Hall–Kier alpha value is -0.240. The fourth-order valence-corrected chi connectivity index (χ4v) is 1.91. The van der Waals surface area contributed by atoms with E-state index in [1.54, 1.807) is 0 Å². The van der Waals surface area contributed by atoms with Gasteiger partial charge in [-0.2, -0.15) is 0 Å². The Balaban J connectivity index is 2.36. The van der Waals surface area contributed by atoms with Crippen molar-refractivity contribution in [3.8, 4) is 0 Å². The molecule has 6 nitrogen and oxygen atoms in total. The predicted octanol–water partition coefficient (Wildman–Crippen LogP) is -2.14. The highest BCUT2D eigenvalue weighted by Crippen LogP contribution is 2.00. The maximum atomic E-state index is 10.1. The summed E-state index contributed by atoms with van der Waals surface area (Å²) >= 11 is 0. The molecule has 1 aliphatic heterocycles. The Kier molecular flexibility index (Phi) is 6.48. The summed E-state index contributed by atoms with van der Waals surface area (Å²) in [5.74, 6) is 0. The zero-order valence-electron chi connectivity index (χ0n) is 11.6. The Morgan fingerprint density at radius 1 is 0.611 bits per heavy atom. The number of β-amino-alcohol motifs (C(OH)–C–C–N with tert-alkyl or cyclic N) is 2. The molecule has 108 valence electrons. The lowest BCUT2D eigenvalue weighted by Gasteiger charge is -2.27. The normalized spacial score (nSPS) is 38.0. The molecule has 0 amide bonds. The van der Waals surface area contributed by atoms with Crippen molar-refractivity contribution in [3.05, 3.63) is 0 Å². The fourth-order valence-electron chi connectivity index (χ4n) is 1.91. The van der Waals surface area contributed by atoms with E-state index in [1.807, 2.05) is 13.8 Å². The average Bonchev–Trinajstić information content (AvgIpc) is 2.27. The smallest absolute Gasteiger partial charge is 0.0867 e. The summed E-state index contributed by atoms with van der Waals surface area (Å²) in [5, 5.41) is 33.0. The molecule has 0 aliphatic carbocycles. The predicted molar refractivity (Wildman–Crippen MR) is 72.7 cm³/mol. The van der Waals surface area contributed by atoms with Gasteiger partial charge < -0.3 is 31.5 Å². The highest BCUT2D eigenvalue weighted by molar-refractivity contribution is 4.81. The maximum absolute atomic E-state index is 10.1. The second-order valence-corrected chi connectivity index (χ2v) is 5.70. The Labute approximate surface area is 110 Å². The standard InChI is InChI=1S/C12H28N4O2/c1-11(17)7-13-3-5-15-9-12(2,18)10-16-6-4-14-8-11/h13-18H,3-10H2,1-2H3. The van der Waals surface area contributed by atoms with Crippen molar-refractivity contribution in [2.75, 3.05) is 52.4 Å². The largest absolute Gasteiger partial charge is 0.388 e. The molecule has 0 aromatic rings. The van der Waals surface area contributed by atoms with Crippen molar-refractivity contribution in [1.29, 1.82) is 0 Å². The van der Waals surface area contributed by atoms with E-state index in [4.69, 9.17) is 0 Å². The van der Waals surface area contributed by atoms with Gasteiger partial charge in [-0.05, 0) is 13.8 Å². The molecule has 0 atom stereocenters. The van der Waals surface area contributed by atoms with E-state index in [1.165, 1.54) is 0 Å². The molecule has 1 rings (SSSR count). The van der Waals surface area contributed by atoms with Crippen molar-refractivity contribution in [1.82, 2.24) is 21.3 Å². The summed E-state index contributed by atoms with van der Waals surface area (Å²) in [6.45, 7) is 9.00. The Bertz CT molecular complexity index is 190. The first kappa shape index (κ1) is 15.8. The van der Waals surface area contributed by atoms with Crippen molar-refractivity contribution >= 4 is 0 Å². The summed E-state index contributed by atoms with van der Waals surface area (Å²) in [7, 11) is 0. The number of rotatable bonds is 0. The van der Waals surface area contributed by atoms with Crippen molar-refractivity contribution in [2.24, 2.45) is 0 Å². The monoisotopic (exact) mass is 260 g/mol. The third-order valence-corrected chi connectivity index (χ3v) is 2.98. The number of hydrogen-bond donors (Lipinski definition) is 6. The molecular weight excluding hydrogens is 232 g/mol. The fraction of sp³-hybridized carbons (Fsp3) is 1.00. The van der Waals surface area contributed by atoms with Crippen LogP contribution in [0.2, 0.25) is 0 Å². The number of aliphatic hydroxyl groups is 2. The lowest BCUT2D eigenvalue weighted by Crippen LogP contribution is -2.51. The molecule has 0 spiro atoms. The van der Waals surface area contributed by atoms with Crippen LogP contribution in [0.4, 0.5) is 0 Å².